The van der Waals surface area contributed by atoms with E-state index in [-0.39, 0.29) is 0 Å². The van der Waals surface area contributed by atoms with Gasteiger partial charge in [-0.1, -0.05) is 68.0 Å². The molecule has 0 saturated carbocycles. The summed E-state index contributed by atoms with van der Waals surface area (Å²) in [6.07, 6.45) is 10.7. The fourth-order valence-corrected chi connectivity index (χ4v) is 4.70. The van der Waals surface area contributed by atoms with Crippen LogP contribution in [0.1, 0.15) is 77.7 Å². The summed E-state index contributed by atoms with van der Waals surface area (Å²) in [6, 6.07) is 18.8. The highest BCUT2D eigenvalue weighted by molar-refractivity contribution is 5.60. The first kappa shape index (κ1) is 24.4. The number of unbranched alkanes of at least 4 members (excludes halogenated alkanes) is 1. The van der Waals surface area contributed by atoms with E-state index < -0.39 is 12.6 Å². The first-order valence-electron chi connectivity index (χ1n) is 12.8. The van der Waals surface area contributed by atoms with Crippen LogP contribution in [0.5, 0.6) is 11.5 Å². The van der Waals surface area contributed by atoms with E-state index in [1.807, 2.05) is 18.2 Å². The molecular weight excluding hydrogens is 448 g/mol. The van der Waals surface area contributed by atoms with Gasteiger partial charge in [0.25, 0.3) is 0 Å². The van der Waals surface area contributed by atoms with E-state index in [9.17, 15) is 0 Å². The number of hydrogen-bond donors (Lipinski definition) is 0. The number of rotatable bonds is 9. The zero-order chi connectivity index (χ0) is 24.9. The molecular formula is C32H34O4. The Kier molecular flexibility index (Phi) is 7.55. The number of ether oxygens (including phenoxy) is 4. The summed E-state index contributed by atoms with van der Waals surface area (Å²) in [5, 5.41) is 0. The maximum atomic E-state index is 6.38. The van der Waals surface area contributed by atoms with Crippen molar-refractivity contribution in [2.24, 2.45) is 0 Å². The molecule has 0 amide bonds. The van der Waals surface area contributed by atoms with Crippen LogP contribution in [0, 0.1) is 13.8 Å². The van der Waals surface area contributed by atoms with Crippen LogP contribution in [0.15, 0.2) is 66.7 Å². The predicted molar refractivity (Wildman–Crippen MR) is 144 cm³/mol. The highest BCUT2D eigenvalue weighted by Gasteiger charge is 2.39. The van der Waals surface area contributed by atoms with Crippen molar-refractivity contribution in [1.29, 1.82) is 0 Å². The zero-order valence-electron chi connectivity index (χ0n) is 21.3. The molecule has 0 aromatic heterocycles. The smallest absolute Gasteiger partial charge is 0.233 e. The van der Waals surface area contributed by atoms with Crippen LogP contribution in [0.2, 0.25) is 0 Å². The van der Waals surface area contributed by atoms with E-state index in [0.29, 0.717) is 13.2 Å². The lowest BCUT2D eigenvalue weighted by atomic mass is 9.99. The number of aryl methyl sites for hydroxylation is 2. The van der Waals surface area contributed by atoms with E-state index in [2.05, 4.69) is 81.5 Å². The Labute approximate surface area is 214 Å². The molecule has 2 atom stereocenters. The van der Waals surface area contributed by atoms with Crippen molar-refractivity contribution < 1.29 is 18.9 Å². The Hall–Kier alpha value is -3.34. The Balaban J connectivity index is 1.27. The maximum absolute atomic E-state index is 6.38. The molecule has 0 aliphatic carbocycles. The first-order valence-corrected chi connectivity index (χ1v) is 12.8. The van der Waals surface area contributed by atoms with Gasteiger partial charge >= 0.3 is 0 Å². The van der Waals surface area contributed by atoms with E-state index in [1.54, 1.807) is 0 Å². The second-order valence-corrected chi connectivity index (χ2v) is 9.47. The van der Waals surface area contributed by atoms with Gasteiger partial charge < -0.3 is 14.2 Å². The van der Waals surface area contributed by atoms with Crippen LogP contribution in [-0.4, -0.2) is 6.61 Å². The Morgan fingerprint density at radius 2 is 1.36 bits per heavy atom. The fraction of sp³-hybridized carbons (Fsp3) is 0.312. The lowest BCUT2D eigenvalue weighted by molar-refractivity contribution is -0.228. The molecule has 186 valence electrons. The van der Waals surface area contributed by atoms with Crippen molar-refractivity contribution in [2.75, 3.05) is 6.61 Å². The van der Waals surface area contributed by atoms with Gasteiger partial charge in [-0.15, -0.1) is 0 Å². The largest absolute Gasteiger partial charge is 0.459 e. The van der Waals surface area contributed by atoms with Crippen LogP contribution in [0.3, 0.4) is 0 Å². The number of fused-ring (bicyclic) bond motifs is 6. The molecule has 3 aromatic carbocycles. The predicted octanol–water partition coefficient (Wildman–Crippen LogP) is 8.24. The minimum Gasteiger partial charge on any atom is -0.459 e. The van der Waals surface area contributed by atoms with Crippen molar-refractivity contribution in [3.63, 3.8) is 0 Å². The molecule has 4 heteroatoms. The van der Waals surface area contributed by atoms with Crippen LogP contribution >= 0.6 is 0 Å². The minimum absolute atomic E-state index is 0.466. The van der Waals surface area contributed by atoms with Gasteiger partial charge in [-0.25, -0.2) is 0 Å². The summed E-state index contributed by atoms with van der Waals surface area (Å²) in [4.78, 5) is 0. The van der Waals surface area contributed by atoms with Crippen molar-refractivity contribution >= 4 is 12.2 Å². The van der Waals surface area contributed by atoms with Crippen molar-refractivity contribution in [2.45, 2.75) is 59.2 Å². The topological polar surface area (TPSA) is 36.9 Å². The summed E-state index contributed by atoms with van der Waals surface area (Å²) in [5.41, 5.74) is 7.49. The molecule has 2 bridgehead atoms. The highest BCUT2D eigenvalue weighted by Crippen LogP contribution is 2.50. The van der Waals surface area contributed by atoms with Gasteiger partial charge in [0.05, 0.1) is 24.3 Å². The standard InChI is InChI=1S/C32H34O4/c1-4-5-7-14-25-17-22(2)29-27(19-25)31-35-30-23(3)18-26(20-28(30)32(34-29)36-31)15-10-11-16-33-21-24-12-8-6-9-13-24/h6-10,12-15,17-20,31-32H,4-5,11,16,21H2,1-3H3/b14-7+,15-10+. The molecule has 2 unspecified atom stereocenters. The molecule has 0 radical (unpaired) electrons. The zero-order valence-corrected chi connectivity index (χ0v) is 21.3. The summed E-state index contributed by atoms with van der Waals surface area (Å²) in [7, 11) is 0. The molecule has 4 nitrogen and oxygen atoms in total. The lowest BCUT2D eigenvalue weighted by Gasteiger charge is -2.39. The average Bonchev–Trinajstić information content (AvgIpc) is 2.88. The third-order valence-corrected chi connectivity index (χ3v) is 6.47. The Morgan fingerprint density at radius 1 is 0.778 bits per heavy atom. The quantitative estimate of drug-likeness (QED) is 0.288. The Morgan fingerprint density at radius 3 is 1.94 bits per heavy atom. The molecule has 2 heterocycles. The molecule has 3 aromatic rings. The second kappa shape index (κ2) is 11.2. The Bertz CT molecular complexity index is 1260. The molecule has 0 N–H and O–H groups in total. The molecule has 0 saturated heterocycles. The normalized spacial score (nSPS) is 18.1. The van der Waals surface area contributed by atoms with Crippen molar-refractivity contribution in [1.82, 2.24) is 0 Å². The van der Waals surface area contributed by atoms with Gasteiger partial charge in [0.1, 0.15) is 11.5 Å². The van der Waals surface area contributed by atoms with E-state index in [4.69, 9.17) is 18.9 Å². The first-order chi connectivity index (χ1) is 17.6. The maximum Gasteiger partial charge on any atom is 0.233 e. The van der Waals surface area contributed by atoms with Gasteiger partial charge in [0, 0.05) is 0 Å². The van der Waals surface area contributed by atoms with Gasteiger partial charge in [-0.2, -0.15) is 0 Å². The molecule has 2 aliphatic rings. The summed E-state index contributed by atoms with van der Waals surface area (Å²) in [6.45, 7) is 7.67. The van der Waals surface area contributed by atoms with Crippen molar-refractivity contribution in [3.05, 3.63) is 106 Å². The molecule has 0 spiro atoms. The van der Waals surface area contributed by atoms with Gasteiger partial charge in [-0.3, -0.25) is 4.74 Å². The molecule has 5 rings (SSSR count). The number of allylic oxidation sites excluding steroid dienone is 1. The van der Waals surface area contributed by atoms with Crippen LogP contribution < -0.4 is 9.47 Å². The van der Waals surface area contributed by atoms with Gasteiger partial charge in [0.15, 0.2) is 0 Å². The van der Waals surface area contributed by atoms with Crippen molar-refractivity contribution in [3.8, 4) is 11.5 Å². The second-order valence-electron chi connectivity index (χ2n) is 9.47. The fourth-order valence-electron chi connectivity index (χ4n) is 4.70. The van der Waals surface area contributed by atoms with E-state index in [0.717, 1.165) is 64.1 Å². The minimum atomic E-state index is -0.479. The summed E-state index contributed by atoms with van der Waals surface area (Å²) < 4.78 is 24.8. The monoisotopic (exact) mass is 482 g/mol. The molecule has 2 aliphatic heterocycles. The third kappa shape index (κ3) is 5.40. The lowest BCUT2D eigenvalue weighted by Crippen LogP contribution is -2.31. The van der Waals surface area contributed by atoms with Crippen LogP contribution in [-0.2, 0) is 16.1 Å². The summed E-state index contributed by atoms with van der Waals surface area (Å²) in [5.74, 6) is 1.72. The van der Waals surface area contributed by atoms with Gasteiger partial charge in [-0.05, 0) is 78.8 Å². The number of benzene rings is 3. The van der Waals surface area contributed by atoms with Crippen LogP contribution in [0.4, 0.5) is 0 Å². The van der Waals surface area contributed by atoms with E-state index >= 15 is 0 Å². The van der Waals surface area contributed by atoms with Crippen LogP contribution in [0.25, 0.3) is 12.2 Å². The highest BCUT2D eigenvalue weighted by atomic mass is 16.8. The van der Waals surface area contributed by atoms with Gasteiger partial charge in [0.2, 0.25) is 12.6 Å². The summed E-state index contributed by atoms with van der Waals surface area (Å²) >= 11 is 0. The number of hydrogen-bond acceptors (Lipinski definition) is 4. The SMILES string of the molecule is CCC/C=C/c1cc(C)c2c(c1)C1Oc3c(C)cc(/C=C/CCOCc4ccccc4)cc3C(O2)O1. The van der Waals surface area contributed by atoms with E-state index in [1.165, 1.54) is 5.56 Å². The molecule has 0 fully saturated rings. The third-order valence-electron chi connectivity index (χ3n) is 6.47. The molecule has 36 heavy (non-hydrogen) atoms. The average molecular weight is 483 g/mol.